The van der Waals surface area contributed by atoms with Crippen LogP contribution in [0.4, 0.5) is 0 Å². The van der Waals surface area contributed by atoms with Crippen LogP contribution in [0, 0.1) is 5.92 Å². The van der Waals surface area contributed by atoms with Crippen molar-refractivity contribution in [2.24, 2.45) is 13.0 Å². The minimum absolute atomic E-state index is 0.843. The molecule has 0 radical (unpaired) electrons. The Morgan fingerprint density at radius 3 is 2.93 bits per heavy atom. The van der Waals surface area contributed by atoms with Crippen LogP contribution in [0.15, 0.2) is 18.3 Å². The molecule has 1 N–H and O–H groups in total. The SMILES string of the molecule is CN1CCC(CNCc2cccn2C)C1. The van der Waals surface area contributed by atoms with E-state index >= 15 is 0 Å². The number of aromatic nitrogens is 1. The summed E-state index contributed by atoms with van der Waals surface area (Å²) in [6.07, 6.45) is 3.44. The van der Waals surface area contributed by atoms with Crippen LogP contribution in [0.5, 0.6) is 0 Å². The molecule has 0 aromatic carbocycles. The van der Waals surface area contributed by atoms with Crippen LogP contribution >= 0.6 is 0 Å². The topological polar surface area (TPSA) is 20.2 Å². The predicted molar refractivity (Wildman–Crippen MR) is 62.7 cm³/mol. The van der Waals surface area contributed by atoms with Crippen LogP contribution < -0.4 is 5.32 Å². The summed E-state index contributed by atoms with van der Waals surface area (Å²) in [6.45, 7) is 4.65. The molecule has 0 bridgehead atoms. The van der Waals surface area contributed by atoms with Gasteiger partial charge in [-0.1, -0.05) is 0 Å². The van der Waals surface area contributed by atoms with Crippen molar-refractivity contribution in [2.75, 3.05) is 26.7 Å². The zero-order valence-corrected chi connectivity index (χ0v) is 9.74. The fraction of sp³-hybridized carbons (Fsp3) is 0.667. The lowest BCUT2D eigenvalue weighted by atomic mass is 10.1. The summed E-state index contributed by atoms with van der Waals surface area (Å²) in [6, 6.07) is 4.27. The third-order valence-corrected chi connectivity index (χ3v) is 3.28. The molecule has 0 saturated carbocycles. The molecule has 0 amide bonds. The molecule has 3 nitrogen and oxygen atoms in total. The smallest absolute Gasteiger partial charge is 0.0359 e. The average molecular weight is 207 g/mol. The van der Waals surface area contributed by atoms with E-state index in [0.29, 0.717) is 0 Å². The number of nitrogens with zero attached hydrogens (tertiary/aromatic N) is 2. The number of hydrogen-bond acceptors (Lipinski definition) is 2. The van der Waals surface area contributed by atoms with Crippen molar-refractivity contribution in [2.45, 2.75) is 13.0 Å². The standard InChI is InChI=1S/C12H21N3/c1-14-7-5-11(10-14)8-13-9-12-4-3-6-15(12)2/h3-4,6,11,13H,5,7-10H2,1-2H3. The van der Waals surface area contributed by atoms with Crippen molar-refractivity contribution >= 4 is 0 Å². The first-order valence-electron chi connectivity index (χ1n) is 5.75. The lowest BCUT2D eigenvalue weighted by Gasteiger charge is -2.11. The molecule has 1 aliphatic heterocycles. The molecule has 1 aliphatic rings. The Hall–Kier alpha value is -0.800. The first-order valence-corrected chi connectivity index (χ1v) is 5.75. The molecule has 84 valence electrons. The number of nitrogens with one attached hydrogen (secondary N) is 1. The second-order valence-corrected chi connectivity index (χ2v) is 4.66. The van der Waals surface area contributed by atoms with Gasteiger partial charge >= 0.3 is 0 Å². The van der Waals surface area contributed by atoms with E-state index in [0.717, 1.165) is 19.0 Å². The van der Waals surface area contributed by atoms with Gasteiger partial charge in [0, 0.05) is 32.0 Å². The molecule has 0 aliphatic carbocycles. The summed E-state index contributed by atoms with van der Waals surface area (Å²) in [7, 11) is 4.30. The summed E-state index contributed by atoms with van der Waals surface area (Å²) >= 11 is 0. The third kappa shape index (κ3) is 2.83. The second kappa shape index (κ2) is 4.81. The largest absolute Gasteiger partial charge is 0.353 e. The summed E-state index contributed by atoms with van der Waals surface area (Å²) in [5.74, 6) is 0.843. The molecule has 15 heavy (non-hydrogen) atoms. The number of likely N-dealkylation sites (tertiary alicyclic amines) is 1. The highest BCUT2D eigenvalue weighted by Crippen LogP contribution is 2.13. The molecule has 1 aromatic heterocycles. The van der Waals surface area contributed by atoms with Crippen LogP contribution in [-0.2, 0) is 13.6 Å². The Balaban J connectivity index is 1.69. The van der Waals surface area contributed by atoms with E-state index in [1.165, 1.54) is 25.2 Å². The molecule has 2 heterocycles. The van der Waals surface area contributed by atoms with Gasteiger partial charge in [0.15, 0.2) is 0 Å². The van der Waals surface area contributed by atoms with E-state index in [-0.39, 0.29) is 0 Å². The number of aryl methyl sites for hydroxylation is 1. The molecule has 1 saturated heterocycles. The lowest BCUT2D eigenvalue weighted by Crippen LogP contribution is -2.25. The molecule has 1 unspecified atom stereocenters. The van der Waals surface area contributed by atoms with Gasteiger partial charge in [-0.3, -0.25) is 0 Å². The van der Waals surface area contributed by atoms with E-state index in [4.69, 9.17) is 0 Å². The van der Waals surface area contributed by atoms with Gasteiger partial charge in [-0.15, -0.1) is 0 Å². The third-order valence-electron chi connectivity index (χ3n) is 3.28. The van der Waals surface area contributed by atoms with Crippen molar-refractivity contribution in [3.8, 4) is 0 Å². The maximum atomic E-state index is 3.54. The summed E-state index contributed by atoms with van der Waals surface area (Å²) in [5.41, 5.74) is 1.36. The minimum atomic E-state index is 0.843. The highest BCUT2D eigenvalue weighted by atomic mass is 15.1. The number of hydrogen-bond donors (Lipinski definition) is 1. The quantitative estimate of drug-likeness (QED) is 0.797. The zero-order valence-electron chi connectivity index (χ0n) is 9.74. The molecular formula is C12H21N3. The Morgan fingerprint density at radius 2 is 2.33 bits per heavy atom. The average Bonchev–Trinajstić information content (AvgIpc) is 2.77. The van der Waals surface area contributed by atoms with Gasteiger partial charge in [-0.25, -0.2) is 0 Å². The van der Waals surface area contributed by atoms with Crippen LogP contribution in [0.3, 0.4) is 0 Å². The molecule has 2 rings (SSSR count). The maximum absolute atomic E-state index is 3.54. The Kier molecular flexibility index (Phi) is 3.44. The summed E-state index contributed by atoms with van der Waals surface area (Å²) in [4.78, 5) is 2.41. The van der Waals surface area contributed by atoms with Crippen LogP contribution in [0.25, 0.3) is 0 Å². The van der Waals surface area contributed by atoms with E-state index in [1.807, 2.05) is 0 Å². The first kappa shape index (κ1) is 10.7. The van der Waals surface area contributed by atoms with Gasteiger partial charge in [0.05, 0.1) is 0 Å². The van der Waals surface area contributed by atoms with E-state index in [9.17, 15) is 0 Å². The molecule has 1 aromatic rings. The highest BCUT2D eigenvalue weighted by Gasteiger charge is 2.18. The van der Waals surface area contributed by atoms with Gasteiger partial charge in [0.25, 0.3) is 0 Å². The number of rotatable bonds is 4. The first-order chi connectivity index (χ1) is 7.25. The summed E-state index contributed by atoms with van der Waals surface area (Å²) < 4.78 is 2.17. The lowest BCUT2D eigenvalue weighted by molar-refractivity contribution is 0.387. The molecule has 3 heteroatoms. The van der Waals surface area contributed by atoms with Crippen LogP contribution in [0.2, 0.25) is 0 Å². The highest BCUT2D eigenvalue weighted by molar-refractivity contribution is 5.05. The van der Waals surface area contributed by atoms with Crippen LogP contribution in [-0.4, -0.2) is 36.1 Å². The fourth-order valence-corrected chi connectivity index (χ4v) is 2.28. The molecule has 0 spiro atoms. The second-order valence-electron chi connectivity index (χ2n) is 4.66. The monoisotopic (exact) mass is 207 g/mol. The van der Waals surface area contributed by atoms with Gasteiger partial charge < -0.3 is 14.8 Å². The van der Waals surface area contributed by atoms with Gasteiger partial charge in [0.2, 0.25) is 0 Å². The molecular weight excluding hydrogens is 186 g/mol. The van der Waals surface area contributed by atoms with Crippen molar-refractivity contribution in [3.05, 3.63) is 24.0 Å². The van der Waals surface area contributed by atoms with E-state index in [1.54, 1.807) is 0 Å². The maximum Gasteiger partial charge on any atom is 0.0359 e. The minimum Gasteiger partial charge on any atom is -0.353 e. The summed E-state index contributed by atoms with van der Waals surface area (Å²) in [5, 5.41) is 3.54. The molecule has 1 fully saturated rings. The Morgan fingerprint density at radius 1 is 1.47 bits per heavy atom. The van der Waals surface area contributed by atoms with Crippen molar-refractivity contribution in [3.63, 3.8) is 0 Å². The van der Waals surface area contributed by atoms with Gasteiger partial charge in [0.1, 0.15) is 0 Å². The van der Waals surface area contributed by atoms with E-state index < -0.39 is 0 Å². The van der Waals surface area contributed by atoms with Crippen LogP contribution in [0.1, 0.15) is 12.1 Å². The fourth-order valence-electron chi connectivity index (χ4n) is 2.28. The normalized spacial score (nSPS) is 22.4. The van der Waals surface area contributed by atoms with Crippen molar-refractivity contribution in [1.29, 1.82) is 0 Å². The Bertz CT molecular complexity index is 306. The van der Waals surface area contributed by atoms with Gasteiger partial charge in [-0.05, 0) is 44.6 Å². The van der Waals surface area contributed by atoms with Gasteiger partial charge in [-0.2, -0.15) is 0 Å². The Labute approximate surface area is 92.1 Å². The van der Waals surface area contributed by atoms with Crippen molar-refractivity contribution < 1.29 is 0 Å². The van der Waals surface area contributed by atoms with E-state index in [2.05, 4.69) is 47.2 Å². The molecule has 1 atom stereocenters. The van der Waals surface area contributed by atoms with Crippen molar-refractivity contribution in [1.82, 2.24) is 14.8 Å². The predicted octanol–water partition coefficient (Wildman–Crippen LogP) is 1.07. The zero-order chi connectivity index (χ0) is 10.7.